The van der Waals surface area contributed by atoms with Crippen molar-refractivity contribution >= 4 is 5.69 Å². The molecule has 0 saturated heterocycles. The Bertz CT molecular complexity index is 381. The Morgan fingerprint density at radius 2 is 2.46 bits per heavy atom. The molecular weight excluding hydrogens is 170 g/mol. The van der Waals surface area contributed by atoms with Crippen molar-refractivity contribution in [3.63, 3.8) is 0 Å². The van der Waals surface area contributed by atoms with Crippen molar-refractivity contribution in [2.45, 2.75) is 13.3 Å². The van der Waals surface area contributed by atoms with Gasteiger partial charge in [-0.2, -0.15) is 5.26 Å². The first-order valence-corrected chi connectivity index (χ1v) is 3.62. The van der Waals surface area contributed by atoms with Gasteiger partial charge in [0, 0.05) is 6.07 Å². The lowest BCUT2D eigenvalue weighted by Gasteiger charge is -1.98. The number of pyridine rings is 1. The van der Waals surface area contributed by atoms with E-state index in [1.165, 1.54) is 12.3 Å². The van der Waals surface area contributed by atoms with Gasteiger partial charge in [0.2, 0.25) is 0 Å². The largest absolute Gasteiger partial charge is 0.287 e. The van der Waals surface area contributed by atoms with Gasteiger partial charge in [-0.25, -0.2) is 0 Å². The molecule has 66 valence electrons. The molecule has 0 saturated carbocycles. The molecule has 5 heteroatoms. The highest BCUT2D eigenvalue weighted by Gasteiger charge is 2.08. The highest BCUT2D eigenvalue weighted by Crippen LogP contribution is 2.14. The van der Waals surface area contributed by atoms with Gasteiger partial charge >= 0.3 is 0 Å². The highest BCUT2D eigenvalue weighted by molar-refractivity contribution is 5.34. The van der Waals surface area contributed by atoms with Gasteiger partial charge < -0.3 is 0 Å². The van der Waals surface area contributed by atoms with Gasteiger partial charge in [-0.05, 0) is 12.5 Å². The summed E-state index contributed by atoms with van der Waals surface area (Å²) in [5.41, 5.74) is 1.23. The number of hydrogen-bond acceptors (Lipinski definition) is 4. The maximum Gasteiger partial charge on any atom is 0.287 e. The minimum atomic E-state index is -0.504. The second kappa shape index (κ2) is 3.63. The normalized spacial score (nSPS) is 9.23. The first-order valence-electron chi connectivity index (χ1n) is 3.62. The number of nitro groups is 1. The van der Waals surface area contributed by atoms with Gasteiger partial charge in [0.15, 0.2) is 0 Å². The van der Waals surface area contributed by atoms with E-state index in [0.717, 1.165) is 0 Å². The number of nitrogens with zero attached hydrogens (tertiary/aromatic N) is 3. The quantitative estimate of drug-likeness (QED) is 0.504. The van der Waals surface area contributed by atoms with E-state index in [0.29, 0.717) is 11.3 Å². The zero-order valence-corrected chi connectivity index (χ0v) is 7.02. The van der Waals surface area contributed by atoms with Gasteiger partial charge in [-0.15, -0.1) is 0 Å². The molecule has 0 atom stereocenters. The van der Waals surface area contributed by atoms with E-state index in [4.69, 9.17) is 5.26 Å². The topological polar surface area (TPSA) is 79.8 Å². The van der Waals surface area contributed by atoms with E-state index in [2.05, 4.69) is 4.98 Å². The zero-order chi connectivity index (χ0) is 9.84. The Morgan fingerprint density at radius 1 is 1.77 bits per heavy atom. The van der Waals surface area contributed by atoms with Crippen molar-refractivity contribution in [2.75, 3.05) is 0 Å². The molecular formula is C8H7N3O2. The third kappa shape index (κ3) is 1.99. The van der Waals surface area contributed by atoms with Crippen LogP contribution < -0.4 is 0 Å². The van der Waals surface area contributed by atoms with Crippen LogP contribution in [0.3, 0.4) is 0 Å². The Labute approximate surface area is 74.8 Å². The lowest BCUT2D eigenvalue weighted by atomic mass is 10.1. The lowest BCUT2D eigenvalue weighted by molar-refractivity contribution is -0.385. The van der Waals surface area contributed by atoms with Crippen LogP contribution in [-0.2, 0) is 6.42 Å². The van der Waals surface area contributed by atoms with E-state index in [-0.39, 0.29) is 12.1 Å². The summed E-state index contributed by atoms with van der Waals surface area (Å²) in [4.78, 5) is 13.6. The smallest absolute Gasteiger partial charge is 0.258 e. The fourth-order valence-electron chi connectivity index (χ4n) is 0.948. The van der Waals surface area contributed by atoms with Crippen LogP contribution in [0.25, 0.3) is 0 Å². The summed E-state index contributed by atoms with van der Waals surface area (Å²) < 4.78 is 0. The molecule has 1 rings (SSSR count). The minimum Gasteiger partial charge on any atom is -0.258 e. The molecule has 0 aliphatic carbocycles. The molecule has 13 heavy (non-hydrogen) atoms. The molecule has 1 aromatic rings. The summed E-state index contributed by atoms with van der Waals surface area (Å²) in [6.07, 6.45) is 1.35. The Morgan fingerprint density at radius 3 is 2.92 bits per heavy atom. The SMILES string of the molecule is Cc1cc([N+](=O)[O-])cnc1CC#N. The molecule has 0 aromatic carbocycles. The van der Waals surface area contributed by atoms with Gasteiger partial charge in [-0.3, -0.25) is 15.1 Å². The molecule has 0 amide bonds. The predicted molar refractivity (Wildman–Crippen MR) is 44.9 cm³/mol. The van der Waals surface area contributed by atoms with Crippen molar-refractivity contribution < 1.29 is 4.92 Å². The Hall–Kier alpha value is -1.96. The van der Waals surface area contributed by atoms with E-state index in [1.54, 1.807) is 6.92 Å². The van der Waals surface area contributed by atoms with Crippen LogP contribution in [0.2, 0.25) is 0 Å². The Balaban J connectivity index is 3.07. The number of hydrogen-bond donors (Lipinski definition) is 0. The molecule has 0 fully saturated rings. The van der Waals surface area contributed by atoms with Crippen LogP contribution in [0.5, 0.6) is 0 Å². The summed E-state index contributed by atoms with van der Waals surface area (Å²) >= 11 is 0. The average Bonchev–Trinajstić information content (AvgIpc) is 2.08. The summed E-state index contributed by atoms with van der Waals surface area (Å²) in [7, 11) is 0. The van der Waals surface area contributed by atoms with Gasteiger partial charge in [-0.1, -0.05) is 0 Å². The third-order valence-corrected chi connectivity index (χ3v) is 1.63. The van der Waals surface area contributed by atoms with E-state index < -0.39 is 4.92 Å². The van der Waals surface area contributed by atoms with E-state index in [1.807, 2.05) is 6.07 Å². The van der Waals surface area contributed by atoms with Crippen molar-refractivity contribution in [3.8, 4) is 6.07 Å². The number of aryl methyl sites for hydroxylation is 1. The first kappa shape index (κ1) is 9.13. The first-order chi connectivity index (χ1) is 6.15. The molecule has 0 unspecified atom stereocenters. The molecule has 0 aliphatic heterocycles. The second-order valence-electron chi connectivity index (χ2n) is 2.55. The van der Waals surface area contributed by atoms with Gasteiger partial charge in [0.25, 0.3) is 5.69 Å². The molecule has 0 spiro atoms. The van der Waals surface area contributed by atoms with Gasteiger partial charge in [0.05, 0.1) is 23.1 Å². The molecule has 5 nitrogen and oxygen atoms in total. The van der Waals surface area contributed by atoms with Crippen LogP contribution >= 0.6 is 0 Å². The Kier molecular flexibility index (Phi) is 2.55. The number of nitriles is 1. The summed E-state index contributed by atoms with van der Waals surface area (Å²) in [6.45, 7) is 1.70. The zero-order valence-electron chi connectivity index (χ0n) is 7.02. The monoisotopic (exact) mass is 177 g/mol. The molecule has 1 heterocycles. The third-order valence-electron chi connectivity index (χ3n) is 1.63. The summed E-state index contributed by atoms with van der Waals surface area (Å²) in [5.74, 6) is 0. The fraction of sp³-hybridized carbons (Fsp3) is 0.250. The molecule has 0 radical (unpaired) electrons. The van der Waals surface area contributed by atoms with Crippen molar-refractivity contribution in [1.82, 2.24) is 4.98 Å². The fourth-order valence-corrected chi connectivity index (χ4v) is 0.948. The highest BCUT2D eigenvalue weighted by atomic mass is 16.6. The molecule has 0 N–H and O–H groups in total. The maximum absolute atomic E-state index is 10.3. The molecule has 0 aliphatic rings. The summed E-state index contributed by atoms with van der Waals surface area (Å²) in [5, 5.41) is 18.7. The predicted octanol–water partition coefficient (Wildman–Crippen LogP) is 1.36. The number of aromatic nitrogens is 1. The minimum absolute atomic E-state index is 0.0424. The van der Waals surface area contributed by atoms with Crippen molar-refractivity contribution in [1.29, 1.82) is 5.26 Å². The van der Waals surface area contributed by atoms with Crippen molar-refractivity contribution in [2.24, 2.45) is 0 Å². The van der Waals surface area contributed by atoms with Crippen LogP contribution in [0.4, 0.5) is 5.69 Å². The molecule has 0 bridgehead atoms. The van der Waals surface area contributed by atoms with Gasteiger partial charge in [0.1, 0.15) is 6.20 Å². The van der Waals surface area contributed by atoms with Crippen molar-refractivity contribution in [3.05, 3.63) is 33.6 Å². The number of rotatable bonds is 2. The second-order valence-corrected chi connectivity index (χ2v) is 2.55. The maximum atomic E-state index is 10.3. The van der Waals surface area contributed by atoms with Crippen LogP contribution in [0, 0.1) is 28.4 Å². The van der Waals surface area contributed by atoms with Crippen LogP contribution in [-0.4, -0.2) is 9.91 Å². The summed E-state index contributed by atoms with van der Waals surface area (Å²) in [6, 6.07) is 3.36. The van der Waals surface area contributed by atoms with Crippen LogP contribution in [0.1, 0.15) is 11.3 Å². The lowest BCUT2D eigenvalue weighted by Crippen LogP contribution is -1.96. The average molecular weight is 177 g/mol. The van der Waals surface area contributed by atoms with E-state index in [9.17, 15) is 10.1 Å². The van der Waals surface area contributed by atoms with Crippen LogP contribution in [0.15, 0.2) is 12.3 Å². The molecule has 1 aromatic heterocycles. The standard InChI is InChI=1S/C8H7N3O2/c1-6-4-7(11(12)13)5-10-8(6)2-3-9/h4-5H,2H2,1H3. The van der Waals surface area contributed by atoms with E-state index >= 15 is 0 Å².